The number of aryl methyl sites for hydroxylation is 1. The second-order valence-corrected chi connectivity index (χ2v) is 3.62. The predicted molar refractivity (Wildman–Crippen MR) is 57.7 cm³/mol. The monoisotopic (exact) mass is 225 g/mol. The zero-order valence-electron chi connectivity index (χ0n) is 8.04. The average Bonchev–Trinajstić information content (AvgIpc) is 2.52. The molecule has 0 unspecified atom stereocenters. The lowest BCUT2D eigenvalue weighted by molar-refractivity contribution is 0.627. The molecular formula is C10H9ClFN3. The second kappa shape index (κ2) is 3.55. The van der Waals surface area contributed by atoms with Gasteiger partial charge in [0.2, 0.25) is 0 Å². The molecule has 2 N–H and O–H groups in total. The van der Waals surface area contributed by atoms with E-state index in [1.165, 1.54) is 12.1 Å². The van der Waals surface area contributed by atoms with Crippen LogP contribution in [0.5, 0.6) is 0 Å². The highest BCUT2D eigenvalue weighted by Gasteiger charge is 2.05. The molecule has 0 fully saturated rings. The third-order valence-electron chi connectivity index (χ3n) is 2.10. The lowest BCUT2D eigenvalue weighted by Gasteiger charge is -2.01. The van der Waals surface area contributed by atoms with Gasteiger partial charge >= 0.3 is 0 Å². The Kier molecular flexibility index (Phi) is 2.36. The molecule has 0 radical (unpaired) electrons. The van der Waals surface area contributed by atoms with E-state index in [2.05, 4.69) is 5.10 Å². The molecule has 5 heteroatoms. The van der Waals surface area contributed by atoms with E-state index in [1.807, 2.05) is 0 Å². The number of benzene rings is 1. The minimum Gasteiger partial charge on any atom is -0.396 e. The van der Waals surface area contributed by atoms with E-state index in [-0.39, 0.29) is 5.02 Å². The number of hydrogen-bond acceptors (Lipinski definition) is 2. The van der Waals surface area contributed by atoms with Gasteiger partial charge in [-0.05, 0) is 25.1 Å². The normalized spacial score (nSPS) is 10.6. The van der Waals surface area contributed by atoms with E-state index in [0.717, 1.165) is 5.69 Å². The molecule has 78 valence electrons. The molecule has 0 saturated carbocycles. The van der Waals surface area contributed by atoms with Crippen LogP contribution in [0.2, 0.25) is 5.02 Å². The summed E-state index contributed by atoms with van der Waals surface area (Å²) in [7, 11) is 0. The quantitative estimate of drug-likeness (QED) is 0.811. The van der Waals surface area contributed by atoms with Crippen LogP contribution >= 0.6 is 11.6 Å². The Labute approximate surface area is 91.3 Å². The fraction of sp³-hybridized carbons (Fsp3) is 0.100. The Hall–Kier alpha value is -1.55. The van der Waals surface area contributed by atoms with Gasteiger partial charge < -0.3 is 5.73 Å². The predicted octanol–water partition coefficient (Wildman–Crippen LogP) is 2.56. The minimum atomic E-state index is -0.447. The van der Waals surface area contributed by atoms with Crippen molar-refractivity contribution in [3.8, 4) is 5.69 Å². The lowest BCUT2D eigenvalue weighted by Crippen LogP contribution is -1.95. The molecule has 0 aliphatic heterocycles. The van der Waals surface area contributed by atoms with Crippen LogP contribution in [0.3, 0.4) is 0 Å². The molecule has 0 saturated heterocycles. The Bertz CT molecular complexity index is 488. The first-order chi connectivity index (χ1) is 7.08. The number of nitrogen functional groups attached to an aromatic ring is 1. The van der Waals surface area contributed by atoms with E-state index in [0.29, 0.717) is 11.4 Å². The topological polar surface area (TPSA) is 43.8 Å². The summed E-state index contributed by atoms with van der Waals surface area (Å²) < 4.78 is 14.5. The molecule has 2 aromatic rings. The zero-order valence-corrected chi connectivity index (χ0v) is 8.79. The number of rotatable bonds is 1. The molecule has 0 spiro atoms. The SMILES string of the molecule is Cc1nn(-c2ccc(F)c(Cl)c2)cc1N. The van der Waals surface area contributed by atoms with Gasteiger partial charge in [-0.2, -0.15) is 5.10 Å². The first-order valence-electron chi connectivity index (χ1n) is 4.35. The summed E-state index contributed by atoms with van der Waals surface area (Å²) in [6.45, 7) is 1.80. The summed E-state index contributed by atoms with van der Waals surface area (Å²) >= 11 is 5.66. The molecule has 1 heterocycles. The number of hydrogen-bond donors (Lipinski definition) is 1. The highest BCUT2D eigenvalue weighted by molar-refractivity contribution is 6.30. The third-order valence-corrected chi connectivity index (χ3v) is 2.39. The van der Waals surface area contributed by atoms with Crippen molar-refractivity contribution in [3.05, 3.63) is 40.9 Å². The van der Waals surface area contributed by atoms with Gasteiger partial charge in [0, 0.05) is 0 Å². The molecule has 3 nitrogen and oxygen atoms in total. The summed E-state index contributed by atoms with van der Waals surface area (Å²) in [6.07, 6.45) is 1.67. The van der Waals surface area contributed by atoms with E-state index >= 15 is 0 Å². The summed E-state index contributed by atoms with van der Waals surface area (Å²) in [4.78, 5) is 0. The molecule has 1 aromatic heterocycles. The van der Waals surface area contributed by atoms with Crippen molar-refractivity contribution >= 4 is 17.3 Å². The lowest BCUT2D eigenvalue weighted by atomic mass is 10.3. The smallest absolute Gasteiger partial charge is 0.141 e. The average molecular weight is 226 g/mol. The van der Waals surface area contributed by atoms with Crippen molar-refractivity contribution in [3.63, 3.8) is 0 Å². The van der Waals surface area contributed by atoms with Crippen LogP contribution in [-0.2, 0) is 0 Å². The van der Waals surface area contributed by atoms with E-state index in [4.69, 9.17) is 17.3 Å². The number of nitrogens with two attached hydrogens (primary N) is 1. The van der Waals surface area contributed by atoms with Crippen molar-refractivity contribution in [2.24, 2.45) is 0 Å². The van der Waals surface area contributed by atoms with Gasteiger partial charge in [-0.25, -0.2) is 9.07 Å². The highest BCUT2D eigenvalue weighted by atomic mass is 35.5. The fourth-order valence-corrected chi connectivity index (χ4v) is 1.41. The number of anilines is 1. The zero-order chi connectivity index (χ0) is 11.0. The molecule has 0 amide bonds. The maximum absolute atomic E-state index is 12.9. The molecule has 2 rings (SSSR count). The molecular weight excluding hydrogens is 217 g/mol. The summed E-state index contributed by atoms with van der Waals surface area (Å²) in [5, 5.41) is 4.23. The standard InChI is InChI=1S/C10H9ClFN3/c1-6-10(13)5-15(14-6)7-2-3-9(12)8(11)4-7/h2-5H,13H2,1H3. The minimum absolute atomic E-state index is 0.0687. The Balaban J connectivity index is 2.49. The van der Waals surface area contributed by atoms with Crippen LogP contribution in [0.25, 0.3) is 5.69 Å². The van der Waals surface area contributed by atoms with Gasteiger partial charge in [0.1, 0.15) is 5.82 Å². The Morgan fingerprint density at radius 2 is 2.20 bits per heavy atom. The summed E-state index contributed by atoms with van der Waals surface area (Å²) in [5.41, 5.74) is 7.66. The summed E-state index contributed by atoms with van der Waals surface area (Å²) in [5.74, 6) is -0.447. The number of nitrogens with zero attached hydrogens (tertiary/aromatic N) is 2. The van der Waals surface area contributed by atoms with Gasteiger partial charge in [-0.1, -0.05) is 11.6 Å². The maximum Gasteiger partial charge on any atom is 0.141 e. The van der Waals surface area contributed by atoms with Gasteiger partial charge in [-0.15, -0.1) is 0 Å². The molecule has 0 atom stereocenters. The van der Waals surface area contributed by atoms with E-state index in [1.54, 1.807) is 23.9 Å². The van der Waals surface area contributed by atoms with Crippen LogP contribution in [0, 0.1) is 12.7 Å². The van der Waals surface area contributed by atoms with Crippen molar-refractivity contribution in [1.82, 2.24) is 9.78 Å². The van der Waals surface area contributed by atoms with Crippen LogP contribution in [0.1, 0.15) is 5.69 Å². The molecule has 0 bridgehead atoms. The Morgan fingerprint density at radius 1 is 1.47 bits per heavy atom. The van der Waals surface area contributed by atoms with Gasteiger partial charge in [0.25, 0.3) is 0 Å². The van der Waals surface area contributed by atoms with E-state index in [9.17, 15) is 4.39 Å². The van der Waals surface area contributed by atoms with Gasteiger partial charge in [0.15, 0.2) is 0 Å². The first kappa shape index (κ1) is 9.98. The third kappa shape index (κ3) is 1.80. The van der Waals surface area contributed by atoms with Crippen LogP contribution in [0.15, 0.2) is 24.4 Å². The van der Waals surface area contributed by atoms with Crippen molar-refractivity contribution in [2.45, 2.75) is 6.92 Å². The van der Waals surface area contributed by atoms with Crippen molar-refractivity contribution in [1.29, 1.82) is 0 Å². The van der Waals surface area contributed by atoms with E-state index < -0.39 is 5.82 Å². The maximum atomic E-state index is 12.9. The Morgan fingerprint density at radius 3 is 2.73 bits per heavy atom. The highest BCUT2D eigenvalue weighted by Crippen LogP contribution is 2.19. The number of halogens is 2. The van der Waals surface area contributed by atoms with Gasteiger partial charge in [-0.3, -0.25) is 0 Å². The second-order valence-electron chi connectivity index (χ2n) is 3.21. The van der Waals surface area contributed by atoms with Crippen molar-refractivity contribution < 1.29 is 4.39 Å². The van der Waals surface area contributed by atoms with Crippen molar-refractivity contribution in [2.75, 3.05) is 5.73 Å². The largest absolute Gasteiger partial charge is 0.396 e. The first-order valence-corrected chi connectivity index (χ1v) is 4.73. The fourth-order valence-electron chi connectivity index (χ4n) is 1.23. The van der Waals surface area contributed by atoms with Crippen LogP contribution in [-0.4, -0.2) is 9.78 Å². The van der Waals surface area contributed by atoms with Crippen LogP contribution in [0.4, 0.5) is 10.1 Å². The number of aromatic nitrogens is 2. The van der Waals surface area contributed by atoms with Crippen LogP contribution < -0.4 is 5.73 Å². The molecule has 0 aliphatic carbocycles. The summed E-state index contributed by atoms with van der Waals surface area (Å²) in [6, 6.07) is 4.39. The van der Waals surface area contributed by atoms with Gasteiger partial charge in [0.05, 0.1) is 28.3 Å². The molecule has 15 heavy (non-hydrogen) atoms. The molecule has 1 aromatic carbocycles. The molecule has 0 aliphatic rings.